The van der Waals surface area contributed by atoms with Crippen molar-refractivity contribution in [3.05, 3.63) is 100.0 Å². The molecule has 8 nitrogen and oxygen atoms in total. The summed E-state index contributed by atoms with van der Waals surface area (Å²) < 4.78 is 11.4. The molecule has 33 heavy (non-hydrogen) atoms. The van der Waals surface area contributed by atoms with E-state index in [0.29, 0.717) is 22.7 Å². The molecular formula is C25H17N3O5. The van der Waals surface area contributed by atoms with Crippen LogP contribution < -0.4 is 5.43 Å². The van der Waals surface area contributed by atoms with Crippen molar-refractivity contribution in [1.29, 1.82) is 0 Å². The highest BCUT2D eigenvalue weighted by Crippen LogP contribution is 2.29. The Balaban J connectivity index is 1.33. The topological polar surface area (TPSA) is 111 Å². The first kappa shape index (κ1) is 20.2. The van der Waals surface area contributed by atoms with Crippen molar-refractivity contribution in [3.8, 4) is 11.3 Å². The van der Waals surface area contributed by atoms with E-state index in [-0.39, 0.29) is 11.4 Å². The predicted octanol–water partition coefficient (Wildman–Crippen LogP) is 5.83. The van der Waals surface area contributed by atoms with Gasteiger partial charge in [-0.15, -0.1) is 0 Å². The van der Waals surface area contributed by atoms with Gasteiger partial charge in [-0.3, -0.25) is 14.9 Å². The molecule has 8 heteroatoms. The highest BCUT2D eigenvalue weighted by atomic mass is 16.6. The van der Waals surface area contributed by atoms with Gasteiger partial charge in [0, 0.05) is 23.1 Å². The van der Waals surface area contributed by atoms with Crippen molar-refractivity contribution >= 4 is 39.6 Å². The van der Waals surface area contributed by atoms with E-state index < -0.39 is 10.8 Å². The van der Waals surface area contributed by atoms with Crippen molar-refractivity contribution < 1.29 is 18.6 Å². The number of rotatable bonds is 5. The van der Waals surface area contributed by atoms with E-state index in [1.807, 2.05) is 43.3 Å². The van der Waals surface area contributed by atoms with Crippen LogP contribution in [0.15, 0.2) is 86.7 Å². The average Bonchev–Trinajstić information content (AvgIpc) is 3.46. The summed E-state index contributed by atoms with van der Waals surface area (Å²) in [5.41, 5.74) is 4.48. The second-order valence-electron chi connectivity index (χ2n) is 7.47. The third-order valence-electron chi connectivity index (χ3n) is 5.33. The Bertz CT molecular complexity index is 1560. The third-order valence-corrected chi connectivity index (χ3v) is 5.33. The summed E-state index contributed by atoms with van der Waals surface area (Å²) in [5, 5.41) is 17.9. The number of aryl methyl sites for hydroxylation is 1. The summed E-state index contributed by atoms with van der Waals surface area (Å²) >= 11 is 0. The van der Waals surface area contributed by atoms with E-state index in [9.17, 15) is 14.9 Å². The Labute approximate surface area is 187 Å². The van der Waals surface area contributed by atoms with Crippen LogP contribution in [0.5, 0.6) is 0 Å². The summed E-state index contributed by atoms with van der Waals surface area (Å²) in [7, 11) is 0. The second-order valence-corrected chi connectivity index (χ2v) is 7.47. The largest absolute Gasteiger partial charge is 0.455 e. The van der Waals surface area contributed by atoms with Crippen molar-refractivity contribution in [2.75, 3.05) is 0 Å². The first-order chi connectivity index (χ1) is 16.0. The first-order valence-electron chi connectivity index (χ1n) is 10.1. The molecule has 0 fully saturated rings. The van der Waals surface area contributed by atoms with Crippen LogP contribution in [-0.2, 0) is 0 Å². The van der Waals surface area contributed by atoms with Crippen molar-refractivity contribution in [2.24, 2.45) is 5.10 Å². The maximum Gasteiger partial charge on any atom is 0.307 e. The molecule has 2 aromatic heterocycles. The lowest BCUT2D eigenvalue weighted by Gasteiger charge is -2.02. The number of amides is 1. The summed E-state index contributed by atoms with van der Waals surface area (Å²) in [6, 6.07) is 21.3. The Morgan fingerprint density at radius 1 is 1.00 bits per heavy atom. The molecule has 0 unspecified atom stereocenters. The first-order valence-corrected chi connectivity index (χ1v) is 10.1. The van der Waals surface area contributed by atoms with Gasteiger partial charge < -0.3 is 8.83 Å². The van der Waals surface area contributed by atoms with Gasteiger partial charge in [0.15, 0.2) is 5.76 Å². The fourth-order valence-electron chi connectivity index (χ4n) is 3.67. The van der Waals surface area contributed by atoms with Gasteiger partial charge in [0.25, 0.3) is 5.69 Å². The van der Waals surface area contributed by atoms with E-state index >= 15 is 0 Å². The van der Waals surface area contributed by atoms with Crippen LogP contribution in [-0.4, -0.2) is 17.0 Å². The molecule has 1 N–H and O–H groups in total. The number of carbonyl (C=O) groups is 1. The van der Waals surface area contributed by atoms with Crippen LogP contribution in [0.2, 0.25) is 0 Å². The summed E-state index contributed by atoms with van der Waals surface area (Å²) in [5.74, 6) is 0.499. The number of hydrogen-bond donors (Lipinski definition) is 1. The maximum absolute atomic E-state index is 12.5. The quantitative estimate of drug-likeness (QED) is 0.210. The fraction of sp³-hybridized carbons (Fsp3) is 0.0400. The Morgan fingerprint density at radius 3 is 2.70 bits per heavy atom. The van der Waals surface area contributed by atoms with Gasteiger partial charge in [0.2, 0.25) is 0 Å². The van der Waals surface area contributed by atoms with Crippen LogP contribution in [0, 0.1) is 17.0 Å². The van der Waals surface area contributed by atoms with E-state index in [1.54, 1.807) is 24.3 Å². The molecule has 3 aromatic carbocycles. The van der Waals surface area contributed by atoms with Gasteiger partial charge in [-0.1, -0.05) is 36.4 Å². The SMILES string of the molecule is Cc1ccc([N+](=O)[O-])cc1-c1ccc(C=NNC(=O)c2cc3c(ccc4ccccc43)o2)o1. The number of nitrogens with one attached hydrogen (secondary N) is 1. The number of fused-ring (bicyclic) bond motifs is 3. The molecule has 0 spiro atoms. The Morgan fingerprint density at radius 2 is 1.85 bits per heavy atom. The number of benzene rings is 3. The third kappa shape index (κ3) is 3.85. The van der Waals surface area contributed by atoms with Crippen LogP contribution >= 0.6 is 0 Å². The van der Waals surface area contributed by atoms with Gasteiger partial charge in [-0.05, 0) is 47.5 Å². The average molecular weight is 439 g/mol. The number of non-ortho nitro benzene ring substituents is 1. The van der Waals surface area contributed by atoms with Crippen molar-refractivity contribution in [2.45, 2.75) is 6.92 Å². The molecule has 0 bridgehead atoms. The second kappa shape index (κ2) is 8.08. The van der Waals surface area contributed by atoms with Crippen molar-refractivity contribution in [1.82, 2.24) is 5.43 Å². The minimum atomic E-state index is -0.493. The molecule has 1 amide bonds. The van der Waals surface area contributed by atoms with E-state index in [4.69, 9.17) is 8.83 Å². The molecule has 0 aliphatic carbocycles. The highest BCUT2D eigenvalue weighted by molar-refractivity contribution is 6.08. The van der Waals surface area contributed by atoms with Crippen LogP contribution in [0.1, 0.15) is 21.9 Å². The van der Waals surface area contributed by atoms with Crippen LogP contribution in [0.25, 0.3) is 33.1 Å². The summed E-state index contributed by atoms with van der Waals surface area (Å²) in [6.45, 7) is 1.84. The Kier molecular flexibility index (Phi) is 4.95. The van der Waals surface area contributed by atoms with Gasteiger partial charge in [0.1, 0.15) is 17.1 Å². The number of furan rings is 2. The molecule has 0 saturated carbocycles. The number of nitro benzene ring substituents is 1. The van der Waals surface area contributed by atoms with Gasteiger partial charge in [0.05, 0.1) is 11.1 Å². The van der Waals surface area contributed by atoms with Crippen molar-refractivity contribution in [3.63, 3.8) is 0 Å². The molecule has 0 saturated heterocycles. The monoisotopic (exact) mass is 439 g/mol. The van der Waals surface area contributed by atoms with E-state index in [0.717, 1.165) is 21.7 Å². The standard InChI is InChI=1S/C25H17N3O5/c1-15-6-8-17(28(30)31)12-20(15)22-11-9-18(32-22)14-26-27-25(29)24-13-21-19-5-3-2-4-16(19)7-10-23(21)33-24/h2-14H,1H3,(H,27,29). The molecule has 0 aliphatic rings. The summed E-state index contributed by atoms with van der Waals surface area (Å²) in [6.07, 6.45) is 1.35. The van der Waals surface area contributed by atoms with Crippen LogP contribution in [0.3, 0.4) is 0 Å². The normalized spacial score (nSPS) is 11.4. The number of nitrogens with zero attached hydrogens (tertiary/aromatic N) is 2. The number of hydrogen-bond acceptors (Lipinski definition) is 6. The zero-order valence-electron chi connectivity index (χ0n) is 17.4. The summed E-state index contributed by atoms with van der Waals surface area (Å²) in [4.78, 5) is 23.1. The number of carbonyl (C=O) groups excluding carboxylic acids is 1. The molecule has 2 heterocycles. The highest BCUT2D eigenvalue weighted by Gasteiger charge is 2.15. The molecule has 0 radical (unpaired) electrons. The lowest BCUT2D eigenvalue weighted by atomic mass is 10.1. The lowest BCUT2D eigenvalue weighted by Crippen LogP contribution is -2.16. The molecule has 0 aliphatic heterocycles. The molecule has 162 valence electrons. The number of nitro groups is 1. The smallest absolute Gasteiger partial charge is 0.307 e. The fourth-order valence-corrected chi connectivity index (χ4v) is 3.67. The zero-order chi connectivity index (χ0) is 22.9. The number of hydrazone groups is 1. The van der Waals surface area contributed by atoms with Gasteiger partial charge in [-0.2, -0.15) is 5.10 Å². The van der Waals surface area contributed by atoms with Crippen LogP contribution in [0.4, 0.5) is 5.69 Å². The zero-order valence-corrected chi connectivity index (χ0v) is 17.4. The van der Waals surface area contributed by atoms with Gasteiger partial charge >= 0.3 is 5.91 Å². The molecule has 0 atom stereocenters. The predicted molar refractivity (Wildman–Crippen MR) is 124 cm³/mol. The Hall–Kier alpha value is -4.72. The minimum absolute atomic E-state index is 0.0203. The minimum Gasteiger partial charge on any atom is -0.455 e. The van der Waals surface area contributed by atoms with E-state index in [1.165, 1.54) is 18.3 Å². The lowest BCUT2D eigenvalue weighted by molar-refractivity contribution is -0.384. The van der Waals surface area contributed by atoms with E-state index in [2.05, 4.69) is 10.5 Å². The molecule has 5 rings (SSSR count). The van der Waals surface area contributed by atoms with Gasteiger partial charge in [-0.25, -0.2) is 5.43 Å². The maximum atomic E-state index is 12.5. The molecule has 5 aromatic rings. The molecular weight excluding hydrogens is 422 g/mol.